The molecular weight excluding hydrogens is 488 g/mol. The molecule has 0 saturated heterocycles. The number of carbonyl (C=O) groups is 2. The number of benzene rings is 4. The van der Waals surface area contributed by atoms with Gasteiger partial charge in [0.05, 0.1) is 36.5 Å². The first kappa shape index (κ1) is 23.4. The van der Waals surface area contributed by atoms with Gasteiger partial charge in [0.25, 0.3) is 0 Å². The summed E-state index contributed by atoms with van der Waals surface area (Å²) in [5.41, 5.74) is 1.78. The maximum Gasteiger partial charge on any atom is 0.201 e. The molecular formula is C30H22O8. The number of ketones is 2. The Labute approximate surface area is 217 Å². The highest BCUT2D eigenvalue weighted by atomic mass is 16.5. The van der Waals surface area contributed by atoms with Crippen LogP contribution in [0.15, 0.2) is 60.7 Å². The Morgan fingerprint density at radius 3 is 1.26 bits per heavy atom. The Bertz CT molecular complexity index is 1560. The minimum absolute atomic E-state index is 0.00271. The summed E-state index contributed by atoms with van der Waals surface area (Å²) < 4.78 is 10.8. The van der Waals surface area contributed by atoms with E-state index in [0.717, 1.165) is 0 Å². The second-order valence-electron chi connectivity index (χ2n) is 9.32. The van der Waals surface area contributed by atoms with Gasteiger partial charge >= 0.3 is 0 Å². The third-order valence-electron chi connectivity index (χ3n) is 7.45. The number of ether oxygens (including phenoxy) is 2. The summed E-state index contributed by atoms with van der Waals surface area (Å²) >= 11 is 0. The highest BCUT2D eigenvalue weighted by molar-refractivity contribution is 6.18. The molecule has 8 nitrogen and oxygen atoms in total. The fourth-order valence-electron chi connectivity index (χ4n) is 5.90. The molecule has 0 aliphatic heterocycles. The van der Waals surface area contributed by atoms with E-state index in [1.54, 1.807) is 36.4 Å². The molecule has 0 aromatic heterocycles. The Balaban J connectivity index is 1.77. The van der Waals surface area contributed by atoms with Crippen LogP contribution in [0.25, 0.3) is 0 Å². The lowest BCUT2D eigenvalue weighted by Gasteiger charge is -2.38. The summed E-state index contributed by atoms with van der Waals surface area (Å²) in [6.07, 6.45) is 0. The summed E-state index contributed by atoms with van der Waals surface area (Å²) in [7, 11) is 2.87. The van der Waals surface area contributed by atoms with E-state index < -0.39 is 23.4 Å². The van der Waals surface area contributed by atoms with Gasteiger partial charge in [-0.25, -0.2) is 0 Å². The number of fused-ring (bicyclic) bond motifs is 4. The molecule has 0 bridgehead atoms. The lowest BCUT2D eigenvalue weighted by Crippen LogP contribution is -2.29. The van der Waals surface area contributed by atoms with Gasteiger partial charge in [-0.3, -0.25) is 9.59 Å². The molecule has 0 fully saturated rings. The average molecular weight is 510 g/mol. The molecule has 0 radical (unpaired) electrons. The van der Waals surface area contributed by atoms with Crippen LogP contribution in [0.1, 0.15) is 65.9 Å². The van der Waals surface area contributed by atoms with Gasteiger partial charge in [-0.15, -0.1) is 0 Å². The van der Waals surface area contributed by atoms with Gasteiger partial charge in [0.1, 0.15) is 34.5 Å². The molecule has 0 heterocycles. The molecule has 2 aliphatic carbocycles. The summed E-state index contributed by atoms with van der Waals surface area (Å²) in [4.78, 5) is 27.2. The van der Waals surface area contributed by atoms with Crippen LogP contribution < -0.4 is 9.47 Å². The van der Waals surface area contributed by atoms with Gasteiger partial charge in [0.15, 0.2) is 0 Å². The second kappa shape index (κ2) is 8.27. The first-order chi connectivity index (χ1) is 18.3. The molecule has 38 heavy (non-hydrogen) atoms. The van der Waals surface area contributed by atoms with Crippen LogP contribution in [0.3, 0.4) is 0 Å². The van der Waals surface area contributed by atoms with Crippen molar-refractivity contribution in [1.29, 1.82) is 0 Å². The number of phenols is 4. The van der Waals surface area contributed by atoms with E-state index in [4.69, 9.17) is 9.47 Å². The quantitative estimate of drug-likeness (QED) is 0.315. The van der Waals surface area contributed by atoms with Crippen LogP contribution >= 0.6 is 0 Å². The largest absolute Gasteiger partial charge is 0.507 e. The van der Waals surface area contributed by atoms with Crippen molar-refractivity contribution in [1.82, 2.24) is 0 Å². The van der Waals surface area contributed by atoms with E-state index in [9.17, 15) is 30.0 Å². The molecule has 2 aliphatic rings. The van der Waals surface area contributed by atoms with E-state index in [0.29, 0.717) is 33.8 Å². The van der Waals surface area contributed by atoms with Crippen molar-refractivity contribution in [3.8, 4) is 34.5 Å². The van der Waals surface area contributed by atoms with Crippen molar-refractivity contribution in [3.63, 3.8) is 0 Å². The van der Waals surface area contributed by atoms with Crippen LogP contribution in [-0.4, -0.2) is 46.2 Å². The molecule has 0 saturated carbocycles. The molecule has 4 aromatic rings. The molecule has 0 unspecified atom stereocenters. The Kier molecular flexibility index (Phi) is 5.10. The lowest BCUT2D eigenvalue weighted by molar-refractivity contribution is 0.101. The van der Waals surface area contributed by atoms with Gasteiger partial charge in [-0.05, 0) is 46.5 Å². The van der Waals surface area contributed by atoms with Crippen molar-refractivity contribution >= 4 is 11.6 Å². The van der Waals surface area contributed by atoms with E-state index >= 15 is 0 Å². The lowest BCUT2D eigenvalue weighted by atomic mass is 9.63. The molecule has 0 amide bonds. The number of hydrogen-bond donors (Lipinski definition) is 4. The number of carbonyl (C=O) groups excluding carboxylic acids is 2. The van der Waals surface area contributed by atoms with Gasteiger partial charge in [-0.1, -0.05) is 24.3 Å². The number of phenolic OH excluding ortho intramolecular Hbond substituents is 4. The summed E-state index contributed by atoms with van der Waals surface area (Å²) in [5, 5.41) is 43.4. The molecule has 8 heteroatoms. The van der Waals surface area contributed by atoms with Crippen LogP contribution in [0, 0.1) is 0 Å². The maximum atomic E-state index is 13.6. The standard InChI is InChI=1S/C30H22O8/c1-37-13-9-17-23(15-5-3-7-19(31)25(15)29(35)27(17)21(33)11-13)24-16-6-4-8-20(32)26(16)30(36)28-18(24)10-14(38-2)12-22(28)34/h3-12,23-24,31-34H,1-2H3/t23-,24+. The zero-order valence-electron chi connectivity index (χ0n) is 20.4. The average Bonchev–Trinajstić information content (AvgIpc) is 2.89. The number of rotatable bonds is 3. The topological polar surface area (TPSA) is 134 Å². The smallest absolute Gasteiger partial charge is 0.201 e. The molecule has 6 rings (SSSR count). The van der Waals surface area contributed by atoms with Crippen molar-refractivity contribution in [2.75, 3.05) is 14.2 Å². The highest BCUT2D eigenvalue weighted by Crippen LogP contribution is 2.56. The van der Waals surface area contributed by atoms with Gasteiger partial charge in [-0.2, -0.15) is 0 Å². The fourth-order valence-corrected chi connectivity index (χ4v) is 5.90. The van der Waals surface area contributed by atoms with E-state index in [1.807, 2.05) is 0 Å². The number of hydrogen-bond acceptors (Lipinski definition) is 8. The Morgan fingerprint density at radius 1 is 0.526 bits per heavy atom. The van der Waals surface area contributed by atoms with Crippen LogP contribution in [0.4, 0.5) is 0 Å². The predicted octanol–water partition coefficient (Wildman–Crippen LogP) is 4.58. The Hall–Kier alpha value is -4.98. The van der Waals surface area contributed by atoms with Crippen LogP contribution in [-0.2, 0) is 0 Å². The number of methoxy groups -OCH3 is 2. The summed E-state index contributed by atoms with van der Waals surface area (Å²) in [5.74, 6) is -3.14. The number of aromatic hydroxyl groups is 4. The van der Waals surface area contributed by atoms with Gasteiger partial charge in [0, 0.05) is 24.0 Å². The molecule has 4 aromatic carbocycles. The molecule has 0 spiro atoms. The van der Waals surface area contributed by atoms with E-state index in [-0.39, 0.29) is 45.3 Å². The first-order valence-corrected chi connectivity index (χ1v) is 11.8. The summed E-state index contributed by atoms with van der Waals surface area (Å²) in [6.45, 7) is 0. The monoisotopic (exact) mass is 510 g/mol. The third kappa shape index (κ3) is 3.10. The minimum Gasteiger partial charge on any atom is -0.507 e. The fraction of sp³-hybridized carbons (Fsp3) is 0.133. The second-order valence-corrected chi connectivity index (χ2v) is 9.32. The van der Waals surface area contributed by atoms with Gasteiger partial charge in [0.2, 0.25) is 11.6 Å². The Morgan fingerprint density at radius 2 is 0.895 bits per heavy atom. The van der Waals surface area contributed by atoms with Crippen molar-refractivity contribution in [2.24, 2.45) is 0 Å². The molecule has 190 valence electrons. The van der Waals surface area contributed by atoms with Crippen molar-refractivity contribution in [2.45, 2.75) is 11.8 Å². The van der Waals surface area contributed by atoms with Gasteiger partial charge < -0.3 is 29.9 Å². The van der Waals surface area contributed by atoms with Crippen molar-refractivity contribution in [3.05, 3.63) is 105 Å². The first-order valence-electron chi connectivity index (χ1n) is 11.8. The summed E-state index contributed by atoms with van der Waals surface area (Å²) in [6, 6.07) is 15.4. The zero-order chi connectivity index (χ0) is 26.9. The SMILES string of the molecule is COc1cc(O)c2c(c1)[C@H]([C@H]1c3cccc(O)c3C(=O)c3c(O)cc(OC)cc31)c1cccc(O)c1C2=O. The minimum atomic E-state index is -0.746. The maximum absolute atomic E-state index is 13.6. The van der Waals surface area contributed by atoms with Crippen LogP contribution in [0.5, 0.6) is 34.5 Å². The molecule has 4 N–H and O–H groups in total. The zero-order valence-corrected chi connectivity index (χ0v) is 20.4. The molecule has 2 atom stereocenters. The van der Waals surface area contributed by atoms with Crippen LogP contribution in [0.2, 0.25) is 0 Å². The van der Waals surface area contributed by atoms with Crippen molar-refractivity contribution < 1.29 is 39.5 Å². The normalized spacial score (nSPS) is 17.2. The van der Waals surface area contributed by atoms with E-state index in [1.165, 1.54) is 38.5 Å². The highest BCUT2D eigenvalue weighted by Gasteiger charge is 2.45. The third-order valence-corrected chi connectivity index (χ3v) is 7.45. The van der Waals surface area contributed by atoms with E-state index in [2.05, 4.69) is 0 Å². The predicted molar refractivity (Wildman–Crippen MR) is 136 cm³/mol.